The summed E-state index contributed by atoms with van der Waals surface area (Å²) >= 11 is 11.9. The maximum Gasteiger partial charge on any atom is 0.243 e. The summed E-state index contributed by atoms with van der Waals surface area (Å²) in [4.78, 5) is 12.6. The molecular weight excluding hydrogens is 411 g/mol. The van der Waals surface area contributed by atoms with Crippen molar-refractivity contribution >= 4 is 44.8 Å². The molecule has 0 bridgehead atoms. The van der Waals surface area contributed by atoms with Crippen molar-refractivity contribution in [3.63, 3.8) is 0 Å². The third-order valence-corrected chi connectivity index (χ3v) is 5.65. The molecule has 0 aromatic heterocycles. The van der Waals surface area contributed by atoms with Crippen LogP contribution < -0.4 is 14.4 Å². The fourth-order valence-corrected chi connectivity index (χ4v) is 4.08. The molecule has 2 aromatic rings. The summed E-state index contributed by atoms with van der Waals surface area (Å²) in [6.45, 7) is 1.76. The smallest absolute Gasteiger partial charge is 0.243 e. The van der Waals surface area contributed by atoms with E-state index in [-0.39, 0.29) is 17.3 Å². The van der Waals surface area contributed by atoms with Crippen LogP contribution in [0.5, 0.6) is 5.75 Å². The Morgan fingerprint density at radius 3 is 2.33 bits per heavy atom. The Balaban J connectivity index is 2.21. The minimum Gasteiger partial charge on any atom is -0.495 e. The van der Waals surface area contributed by atoms with Crippen molar-refractivity contribution in [2.75, 3.05) is 17.7 Å². The molecular formula is C18H20Cl2N2O4S. The van der Waals surface area contributed by atoms with Crippen LogP contribution in [0.4, 0.5) is 5.69 Å². The van der Waals surface area contributed by atoms with Crippen molar-refractivity contribution in [3.8, 4) is 5.75 Å². The van der Waals surface area contributed by atoms with Crippen LogP contribution in [0, 0.1) is 0 Å². The minimum atomic E-state index is -3.73. The van der Waals surface area contributed by atoms with Crippen molar-refractivity contribution in [1.82, 2.24) is 5.32 Å². The van der Waals surface area contributed by atoms with E-state index in [1.165, 1.54) is 26.2 Å². The molecule has 0 aliphatic rings. The normalized spacial score (nSPS) is 12.3. The number of halogens is 2. The van der Waals surface area contributed by atoms with Crippen LogP contribution in [0.2, 0.25) is 10.0 Å². The maximum absolute atomic E-state index is 12.6. The van der Waals surface area contributed by atoms with Crippen LogP contribution in [0.15, 0.2) is 42.5 Å². The van der Waals surface area contributed by atoms with Crippen LogP contribution in [-0.4, -0.2) is 33.7 Å². The second kappa shape index (κ2) is 8.82. The second-order valence-corrected chi connectivity index (χ2v) is 8.60. The summed E-state index contributed by atoms with van der Waals surface area (Å²) in [5.74, 6) is -0.0315. The predicted octanol–water partition coefficient (Wildman–Crippen LogP) is 3.47. The summed E-state index contributed by atoms with van der Waals surface area (Å²) in [6, 6.07) is 10.6. The number of methoxy groups -OCH3 is 1. The van der Waals surface area contributed by atoms with E-state index in [1.807, 2.05) is 0 Å². The van der Waals surface area contributed by atoms with Crippen molar-refractivity contribution < 1.29 is 17.9 Å². The molecule has 6 nitrogen and oxygen atoms in total. The van der Waals surface area contributed by atoms with Gasteiger partial charge >= 0.3 is 0 Å². The zero-order chi connectivity index (χ0) is 20.2. The Morgan fingerprint density at radius 1 is 1.19 bits per heavy atom. The van der Waals surface area contributed by atoms with E-state index in [0.29, 0.717) is 10.8 Å². The fraction of sp³-hybridized carbons (Fsp3) is 0.278. The predicted molar refractivity (Wildman–Crippen MR) is 108 cm³/mol. The third kappa shape index (κ3) is 5.51. The van der Waals surface area contributed by atoms with Gasteiger partial charge in [-0.3, -0.25) is 9.10 Å². The molecule has 2 rings (SSSR count). The van der Waals surface area contributed by atoms with E-state index < -0.39 is 22.0 Å². The lowest BCUT2D eigenvalue weighted by Crippen LogP contribution is -2.47. The molecule has 0 spiro atoms. The summed E-state index contributed by atoms with van der Waals surface area (Å²) in [5.41, 5.74) is 1.12. The molecule has 2 aromatic carbocycles. The number of carbonyl (C=O) groups excluding carboxylic acids is 1. The molecule has 1 atom stereocenters. The summed E-state index contributed by atoms with van der Waals surface area (Å²) < 4.78 is 30.7. The summed E-state index contributed by atoms with van der Waals surface area (Å²) in [7, 11) is -2.27. The molecule has 9 heteroatoms. The molecule has 1 amide bonds. The first kappa shape index (κ1) is 21.3. The van der Waals surface area contributed by atoms with Crippen LogP contribution in [0.1, 0.15) is 12.5 Å². The van der Waals surface area contributed by atoms with Crippen LogP contribution in [-0.2, 0) is 21.4 Å². The number of benzene rings is 2. The van der Waals surface area contributed by atoms with Crippen LogP contribution in [0.25, 0.3) is 0 Å². The molecule has 27 heavy (non-hydrogen) atoms. The maximum atomic E-state index is 12.6. The zero-order valence-electron chi connectivity index (χ0n) is 15.1. The molecule has 0 saturated carbocycles. The first-order valence-corrected chi connectivity index (χ1v) is 10.6. The van der Waals surface area contributed by atoms with Gasteiger partial charge in [0.25, 0.3) is 0 Å². The molecule has 0 radical (unpaired) electrons. The standard InChI is InChI=1S/C18H20Cl2N2O4S/c1-12(18(23)21-11-13-4-6-14(19)7-5-13)22(27(3,24)25)15-8-9-17(26-2)16(20)10-15/h4-10,12H,11H2,1-3H3,(H,21,23)/t12-/m0/s1. The Hall–Kier alpha value is -1.96. The molecule has 0 unspecified atom stereocenters. The molecule has 1 N–H and O–H groups in total. The van der Waals surface area contributed by atoms with Gasteiger partial charge in [-0.25, -0.2) is 8.42 Å². The van der Waals surface area contributed by atoms with E-state index >= 15 is 0 Å². The van der Waals surface area contributed by atoms with Gasteiger partial charge in [0.2, 0.25) is 15.9 Å². The lowest BCUT2D eigenvalue weighted by molar-refractivity contribution is -0.122. The van der Waals surface area contributed by atoms with Crippen molar-refractivity contribution in [3.05, 3.63) is 58.1 Å². The van der Waals surface area contributed by atoms with Gasteiger partial charge in [0.05, 0.1) is 24.1 Å². The van der Waals surface area contributed by atoms with Crippen molar-refractivity contribution in [1.29, 1.82) is 0 Å². The number of nitrogens with one attached hydrogen (secondary N) is 1. The monoisotopic (exact) mass is 430 g/mol. The summed E-state index contributed by atoms with van der Waals surface area (Å²) in [5, 5.41) is 3.57. The third-order valence-electron chi connectivity index (χ3n) is 3.86. The average molecular weight is 431 g/mol. The number of amides is 1. The van der Waals surface area contributed by atoms with Gasteiger partial charge in [-0.1, -0.05) is 35.3 Å². The molecule has 0 aliphatic carbocycles. The highest BCUT2D eigenvalue weighted by atomic mass is 35.5. The van der Waals surface area contributed by atoms with Gasteiger partial charge in [-0.15, -0.1) is 0 Å². The lowest BCUT2D eigenvalue weighted by Gasteiger charge is -2.28. The van der Waals surface area contributed by atoms with Crippen molar-refractivity contribution in [2.24, 2.45) is 0 Å². The molecule has 0 aliphatic heterocycles. The van der Waals surface area contributed by atoms with Gasteiger partial charge in [-0.05, 0) is 42.8 Å². The van der Waals surface area contributed by atoms with E-state index in [4.69, 9.17) is 27.9 Å². The number of sulfonamides is 1. The Labute approximate surface area is 169 Å². The SMILES string of the molecule is COc1ccc(N([C@@H](C)C(=O)NCc2ccc(Cl)cc2)S(C)(=O)=O)cc1Cl. The molecule has 146 valence electrons. The van der Waals surface area contributed by atoms with Crippen LogP contribution >= 0.6 is 23.2 Å². The Bertz CT molecular complexity index is 917. The highest BCUT2D eigenvalue weighted by molar-refractivity contribution is 7.92. The average Bonchev–Trinajstić information content (AvgIpc) is 2.60. The number of hydrogen-bond acceptors (Lipinski definition) is 4. The van der Waals surface area contributed by atoms with Crippen molar-refractivity contribution in [2.45, 2.75) is 19.5 Å². The van der Waals surface area contributed by atoms with Gasteiger partial charge in [-0.2, -0.15) is 0 Å². The van der Waals surface area contributed by atoms with E-state index in [0.717, 1.165) is 16.1 Å². The first-order valence-electron chi connectivity index (χ1n) is 7.98. The zero-order valence-corrected chi connectivity index (χ0v) is 17.4. The second-order valence-electron chi connectivity index (χ2n) is 5.90. The van der Waals surface area contributed by atoms with Gasteiger partial charge in [0.1, 0.15) is 11.8 Å². The largest absolute Gasteiger partial charge is 0.495 e. The summed E-state index contributed by atoms with van der Waals surface area (Å²) in [6.07, 6.45) is 1.04. The van der Waals surface area contributed by atoms with Gasteiger partial charge in [0, 0.05) is 11.6 Å². The number of carbonyl (C=O) groups is 1. The highest BCUT2D eigenvalue weighted by Gasteiger charge is 2.29. The molecule has 0 saturated heterocycles. The number of nitrogens with zero attached hydrogens (tertiary/aromatic N) is 1. The Kier molecular flexibility index (Phi) is 6.97. The number of anilines is 1. The van der Waals surface area contributed by atoms with Gasteiger partial charge < -0.3 is 10.1 Å². The lowest BCUT2D eigenvalue weighted by atomic mass is 10.2. The molecule has 0 heterocycles. The number of hydrogen-bond donors (Lipinski definition) is 1. The highest BCUT2D eigenvalue weighted by Crippen LogP contribution is 2.31. The number of rotatable bonds is 7. The topological polar surface area (TPSA) is 75.7 Å². The first-order chi connectivity index (χ1) is 12.6. The quantitative estimate of drug-likeness (QED) is 0.729. The van der Waals surface area contributed by atoms with Crippen LogP contribution in [0.3, 0.4) is 0 Å². The van der Waals surface area contributed by atoms with E-state index in [1.54, 1.807) is 30.3 Å². The van der Waals surface area contributed by atoms with Gasteiger partial charge in [0.15, 0.2) is 0 Å². The van der Waals surface area contributed by atoms with E-state index in [9.17, 15) is 13.2 Å². The number of ether oxygens (including phenoxy) is 1. The Morgan fingerprint density at radius 2 is 1.81 bits per heavy atom. The minimum absolute atomic E-state index is 0.248. The fourth-order valence-electron chi connectivity index (χ4n) is 2.54. The molecule has 0 fully saturated rings. The van der Waals surface area contributed by atoms with E-state index in [2.05, 4.69) is 5.32 Å².